The standard InChI is InChI=1S/C9H16Cl2O/c1-3-7(10)5-9(12)6-8(11)4-2/h7-8H,3-6H2,1-2H3. The molecule has 0 fully saturated rings. The van der Waals surface area contributed by atoms with Gasteiger partial charge in [0.15, 0.2) is 0 Å². The van der Waals surface area contributed by atoms with Gasteiger partial charge in [0, 0.05) is 23.6 Å². The van der Waals surface area contributed by atoms with Gasteiger partial charge in [-0.25, -0.2) is 0 Å². The first-order valence-electron chi connectivity index (χ1n) is 4.39. The van der Waals surface area contributed by atoms with Crippen molar-refractivity contribution in [1.29, 1.82) is 0 Å². The molecule has 2 unspecified atom stereocenters. The molecule has 12 heavy (non-hydrogen) atoms. The predicted octanol–water partition coefficient (Wildman–Crippen LogP) is 3.37. The molecule has 0 aromatic heterocycles. The number of hydrogen-bond acceptors (Lipinski definition) is 1. The van der Waals surface area contributed by atoms with Crippen molar-refractivity contribution < 1.29 is 4.79 Å². The summed E-state index contributed by atoms with van der Waals surface area (Å²) in [6.07, 6.45) is 2.60. The quantitative estimate of drug-likeness (QED) is 0.615. The Kier molecular flexibility index (Phi) is 6.87. The van der Waals surface area contributed by atoms with Crippen LogP contribution in [0.3, 0.4) is 0 Å². The fourth-order valence-electron chi connectivity index (χ4n) is 0.866. The minimum atomic E-state index is -0.0155. The molecule has 0 rings (SSSR count). The van der Waals surface area contributed by atoms with Crippen LogP contribution < -0.4 is 0 Å². The summed E-state index contributed by atoms with van der Waals surface area (Å²) in [5.74, 6) is 0.179. The second-order valence-electron chi connectivity index (χ2n) is 2.96. The Labute approximate surface area is 84.4 Å². The third-order valence-corrected chi connectivity index (χ3v) is 2.71. The number of rotatable bonds is 6. The topological polar surface area (TPSA) is 17.1 Å². The van der Waals surface area contributed by atoms with Crippen LogP contribution in [0.5, 0.6) is 0 Å². The van der Waals surface area contributed by atoms with E-state index >= 15 is 0 Å². The molecule has 72 valence electrons. The SMILES string of the molecule is CCC(Cl)CC(=O)CC(Cl)CC. The maximum Gasteiger partial charge on any atom is 0.135 e. The van der Waals surface area contributed by atoms with Crippen LogP contribution in [0.4, 0.5) is 0 Å². The first kappa shape index (κ1) is 12.2. The first-order chi connectivity index (χ1) is 5.60. The lowest BCUT2D eigenvalue weighted by molar-refractivity contribution is -0.119. The predicted molar refractivity (Wildman–Crippen MR) is 54.1 cm³/mol. The molecular weight excluding hydrogens is 195 g/mol. The molecule has 0 aliphatic carbocycles. The summed E-state index contributed by atoms with van der Waals surface area (Å²) in [5.41, 5.74) is 0. The zero-order valence-corrected chi connectivity index (χ0v) is 9.16. The van der Waals surface area contributed by atoms with Crippen LogP contribution in [-0.2, 0) is 4.79 Å². The Hall–Kier alpha value is 0.250. The van der Waals surface area contributed by atoms with E-state index in [2.05, 4.69) is 0 Å². The van der Waals surface area contributed by atoms with Gasteiger partial charge in [-0.15, -0.1) is 23.2 Å². The number of hydrogen-bond donors (Lipinski definition) is 0. The van der Waals surface area contributed by atoms with Crippen LogP contribution in [0.15, 0.2) is 0 Å². The maximum absolute atomic E-state index is 11.2. The van der Waals surface area contributed by atoms with Crippen LogP contribution in [0.2, 0.25) is 0 Å². The van der Waals surface area contributed by atoms with E-state index < -0.39 is 0 Å². The van der Waals surface area contributed by atoms with Crippen LogP contribution in [0.1, 0.15) is 39.5 Å². The van der Waals surface area contributed by atoms with Gasteiger partial charge in [0.2, 0.25) is 0 Å². The Morgan fingerprint density at radius 3 is 1.67 bits per heavy atom. The summed E-state index contributed by atoms with van der Waals surface area (Å²) in [6.45, 7) is 3.95. The van der Waals surface area contributed by atoms with Gasteiger partial charge in [0.25, 0.3) is 0 Å². The molecule has 0 N–H and O–H groups in total. The van der Waals surface area contributed by atoms with Crippen molar-refractivity contribution >= 4 is 29.0 Å². The number of carbonyl (C=O) groups excluding carboxylic acids is 1. The fourth-order valence-corrected chi connectivity index (χ4v) is 1.21. The highest BCUT2D eigenvalue weighted by Crippen LogP contribution is 2.13. The third kappa shape index (κ3) is 5.84. The fraction of sp³-hybridized carbons (Fsp3) is 0.889. The van der Waals surface area contributed by atoms with E-state index in [4.69, 9.17) is 23.2 Å². The summed E-state index contributed by atoms with van der Waals surface area (Å²) in [6, 6.07) is 0. The van der Waals surface area contributed by atoms with Crippen molar-refractivity contribution in [3.63, 3.8) is 0 Å². The lowest BCUT2D eigenvalue weighted by Gasteiger charge is -2.07. The van der Waals surface area contributed by atoms with Gasteiger partial charge in [-0.3, -0.25) is 4.79 Å². The summed E-state index contributed by atoms with van der Waals surface area (Å²) in [7, 11) is 0. The van der Waals surface area contributed by atoms with Crippen LogP contribution in [0, 0.1) is 0 Å². The van der Waals surface area contributed by atoms with Crippen LogP contribution in [0.25, 0.3) is 0 Å². The average Bonchev–Trinajstić information content (AvgIpc) is 2.03. The van der Waals surface area contributed by atoms with Gasteiger partial charge in [-0.05, 0) is 12.8 Å². The second-order valence-corrected chi connectivity index (χ2v) is 4.19. The number of carbonyl (C=O) groups is 1. The maximum atomic E-state index is 11.2. The Morgan fingerprint density at radius 1 is 1.08 bits per heavy atom. The molecule has 0 radical (unpaired) electrons. The van der Waals surface area contributed by atoms with E-state index in [1.54, 1.807) is 0 Å². The third-order valence-electron chi connectivity index (χ3n) is 1.78. The lowest BCUT2D eigenvalue weighted by Crippen LogP contribution is -2.11. The van der Waals surface area contributed by atoms with E-state index in [0.717, 1.165) is 12.8 Å². The van der Waals surface area contributed by atoms with E-state index in [0.29, 0.717) is 12.8 Å². The first-order valence-corrected chi connectivity index (χ1v) is 5.27. The minimum Gasteiger partial charge on any atom is -0.300 e. The van der Waals surface area contributed by atoms with Crippen molar-refractivity contribution in [3.8, 4) is 0 Å². The molecule has 0 aliphatic rings. The molecule has 0 aromatic rings. The zero-order valence-electron chi connectivity index (χ0n) is 7.65. The Morgan fingerprint density at radius 2 is 1.42 bits per heavy atom. The number of ketones is 1. The molecule has 0 aliphatic heterocycles. The van der Waals surface area contributed by atoms with Crippen LogP contribution >= 0.6 is 23.2 Å². The average molecular weight is 211 g/mol. The number of Topliss-reactive ketones (excluding diaryl/α,β-unsaturated/α-hetero) is 1. The van der Waals surface area contributed by atoms with Gasteiger partial charge in [-0.1, -0.05) is 13.8 Å². The summed E-state index contributed by atoms with van der Waals surface area (Å²) < 4.78 is 0. The zero-order chi connectivity index (χ0) is 9.56. The summed E-state index contributed by atoms with van der Waals surface area (Å²) in [4.78, 5) is 11.2. The van der Waals surface area contributed by atoms with Gasteiger partial charge in [-0.2, -0.15) is 0 Å². The highest BCUT2D eigenvalue weighted by atomic mass is 35.5. The Bertz CT molecular complexity index is 122. The van der Waals surface area contributed by atoms with Crippen molar-refractivity contribution in [1.82, 2.24) is 0 Å². The van der Waals surface area contributed by atoms with Crippen molar-refractivity contribution in [3.05, 3.63) is 0 Å². The molecule has 0 spiro atoms. The normalized spacial score (nSPS) is 15.7. The van der Waals surface area contributed by atoms with Crippen LogP contribution in [-0.4, -0.2) is 16.5 Å². The van der Waals surface area contributed by atoms with E-state index in [1.807, 2.05) is 13.8 Å². The van der Waals surface area contributed by atoms with E-state index in [1.165, 1.54) is 0 Å². The molecular formula is C9H16Cl2O. The van der Waals surface area contributed by atoms with E-state index in [-0.39, 0.29) is 16.5 Å². The molecule has 0 aromatic carbocycles. The molecule has 2 atom stereocenters. The lowest BCUT2D eigenvalue weighted by atomic mass is 10.1. The largest absolute Gasteiger partial charge is 0.300 e. The molecule has 1 nitrogen and oxygen atoms in total. The molecule has 3 heteroatoms. The molecule has 0 bridgehead atoms. The Balaban J connectivity index is 3.59. The van der Waals surface area contributed by atoms with Gasteiger partial charge >= 0.3 is 0 Å². The summed E-state index contributed by atoms with van der Waals surface area (Å²) in [5, 5.41) is -0.0311. The van der Waals surface area contributed by atoms with Gasteiger partial charge < -0.3 is 0 Å². The molecule has 0 heterocycles. The highest BCUT2D eigenvalue weighted by molar-refractivity contribution is 6.23. The molecule has 0 saturated carbocycles. The van der Waals surface area contributed by atoms with Crippen molar-refractivity contribution in [2.45, 2.75) is 50.3 Å². The smallest absolute Gasteiger partial charge is 0.135 e. The van der Waals surface area contributed by atoms with Crippen molar-refractivity contribution in [2.24, 2.45) is 0 Å². The highest BCUT2D eigenvalue weighted by Gasteiger charge is 2.12. The van der Waals surface area contributed by atoms with E-state index in [9.17, 15) is 4.79 Å². The second kappa shape index (κ2) is 6.73. The monoisotopic (exact) mass is 210 g/mol. The van der Waals surface area contributed by atoms with Gasteiger partial charge in [0.05, 0.1) is 0 Å². The number of alkyl halides is 2. The molecule has 0 saturated heterocycles. The van der Waals surface area contributed by atoms with Gasteiger partial charge in [0.1, 0.15) is 5.78 Å². The molecule has 0 amide bonds. The summed E-state index contributed by atoms with van der Waals surface area (Å²) >= 11 is 11.6. The number of halogens is 2. The van der Waals surface area contributed by atoms with Crippen molar-refractivity contribution in [2.75, 3.05) is 0 Å². The minimum absolute atomic E-state index is 0.0155.